The molecule has 8 nitrogen and oxygen atoms in total. The van der Waals surface area contributed by atoms with Crippen molar-refractivity contribution in [3.05, 3.63) is 11.1 Å². The quantitative estimate of drug-likeness (QED) is 0.873. The van der Waals surface area contributed by atoms with Gasteiger partial charge >= 0.3 is 6.09 Å². The van der Waals surface area contributed by atoms with Crippen LogP contribution in [0.4, 0.5) is 9.93 Å². The lowest BCUT2D eigenvalue weighted by atomic mass is 9.92. The summed E-state index contributed by atoms with van der Waals surface area (Å²) in [5.74, 6) is -0.375. The molecule has 3 rings (SSSR count). The van der Waals surface area contributed by atoms with Crippen LogP contribution < -0.4 is 5.32 Å². The van der Waals surface area contributed by atoms with Crippen molar-refractivity contribution < 1.29 is 19.1 Å². The van der Waals surface area contributed by atoms with Gasteiger partial charge in [0.25, 0.3) is 5.91 Å². The molecule has 1 spiro atoms. The van der Waals surface area contributed by atoms with Crippen LogP contribution in [0.3, 0.4) is 0 Å². The van der Waals surface area contributed by atoms with E-state index in [2.05, 4.69) is 10.3 Å². The fourth-order valence-electron chi connectivity index (χ4n) is 3.01. The molecule has 124 valence electrons. The predicted molar refractivity (Wildman–Crippen MR) is 83.4 cm³/mol. The molecule has 0 radical (unpaired) electrons. The number of ether oxygens (including phenoxy) is 1. The number of nitrogens with zero attached hydrogens (tertiary/aromatic N) is 3. The SMILES string of the molecule is CC(=O)Nc1ncc(C(=O)N2CCC[C@@]3(CN(C)C(=O)O3)C2)s1. The van der Waals surface area contributed by atoms with Crippen LogP contribution in [0.5, 0.6) is 0 Å². The topological polar surface area (TPSA) is 91.8 Å². The average molecular weight is 338 g/mol. The van der Waals surface area contributed by atoms with Crippen LogP contribution in [-0.4, -0.2) is 65.0 Å². The van der Waals surface area contributed by atoms with Crippen LogP contribution in [-0.2, 0) is 9.53 Å². The molecule has 1 aromatic heterocycles. The summed E-state index contributed by atoms with van der Waals surface area (Å²) in [5, 5.41) is 2.97. The zero-order valence-corrected chi connectivity index (χ0v) is 13.8. The van der Waals surface area contributed by atoms with Crippen molar-refractivity contribution in [1.82, 2.24) is 14.8 Å². The Morgan fingerprint density at radius 2 is 2.22 bits per heavy atom. The molecule has 2 aliphatic heterocycles. The summed E-state index contributed by atoms with van der Waals surface area (Å²) in [6.07, 6.45) is 2.66. The van der Waals surface area contributed by atoms with E-state index in [1.54, 1.807) is 11.9 Å². The summed E-state index contributed by atoms with van der Waals surface area (Å²) in [5.41, 5.74) is -0.606. The van der Waals surface area contributed by atoms with Crippen molar-refractivity contribution in [2.75, 3.05) is 32.0 Å². The summed E-state index contributed by atoms with van der Waals surface area (Å²) in [6.45, 7) is 2.89. The van der Waals surface area contributed by atoms with Gasteiger partial charge in [-0.05, 0) is 12.8 Å². The van der Waals surface area contributed by atoms with Crippen LogP contribution >= 0.6 is 11.3 Å². The van der Waals surface area contributed by atoms with Gasteiger partial charge in [-0.1, -0.05) is 11.3 Å². The van der Waals surface area contributed by atoms with E-state index in [0.29, 0.717) is 29.6 Å². The van der Waals surface area contributed by atoms with Crippen molar-refractivity contribution in [2.24, 2.45) is 0 Å². The Hall–Kier alpha value is -2.16. The van der Waals surface area contributed by atoms with Crippen LogP contribution in [0.1, 0.15) is 29.4 Å². The van der Waals surface area contributed by atoms with E-state index in [9.17, 15) is 14.4 Å². The second kappa shape index (κ2) is 5.80. The number of carbonyl (C=O) groups is 3. The van der Waals surface area contributed by atoms with E-state index < -0.39 is 5.60 Å². The van der Waals surface area contributed by atoms with Crippen LogP contribution in [0.25, 0.3) is 0 Å². The van der Waals surface area contributed by atoms with Crippen molar-refractivity contribution >= 4 is 34.4 Å². The van der Waals surface area contributed by atoms with E-state index >= 15 is 0 Å². The summed E-state index contributed by atoms with van der Waals surface area (Å²) >= 11 is 1.14. The van der Waals surface area contributed by atoms with Gasteiger partial charge in [0.2, 0.25) is 5.91 Å². The fourth-order valence-corrected chi connectivity index (χ4v) is 3.84. The predicted octanol–water partition coefficient (Wildman–Crippen LogP) is 1.16. The molecule has 1 N–H and O–H groups in total. The molecule has 0 bridgehead atoms. The molecule has 0 aliphatic carbocycles. The third kappa shape index (κ3) is 3.14. The summed E-state index contributed by atoms with van der Waals surface area (Å²) < 4.78 is 5.50. The second-order valence-electron chi connectivity index (χ2n) is 5.95. The Balaban J connectivity index is 1.71. The van der Waals surface area contributed by atoms with Gasteiger partial charge in [0.05, 0.1) is 19.3 Å². The monoisotopic (exact) mass is 338 g/mol. The van der Waals surface area contributed by atoms with Crippen LogP contribution in [0, 0.1) is 0 Å². The summed E-state index contributed by atoms with van der Waals surface area (Å²) in [6, 6.07) is 0. The highest BCUT2D eigenvalue weighted by atomic mass is 32.1. The van der Waals surface area contributed by atoms with Gasteiger partial charge in [-0.3, -0.25) is 9.59 Å². The van der Waals surface area contributed by atoms with Gasteiger partial charge in [0, 0.05) is 20.5 Å². The average Bonchev–Trinajstić information content (AvgIpc) is 3.03. The highest BCUT2D eigenvalue weighted by molar-refractivity contribution is 7.17. The molecule has 2 saturated heterocycles. The van der Waals surface area contributed by atoms with Gasteiger partial charge in [0.1, 0.15) is 10.5 Å². The first-order valence-electron chi connectivity index (χ1n) is 7.35. The Labute approximate surface area is 137 Å². The molecule has 3 amide bonds. The highest BCUT2D eigenvalue weighted by Crippen LogP contribution is 2.32. The molecule has 2 aliphatic rings. The largest absolute Gasteiger partial charge is 0.439 e. The second-order valence-corrected chi connectivity index (χ2v) is 6.98. The molecule has 0 saturated carbocycles. The molecule has 2 fully saturated rings. The number of thiazole rings is 1. The smallest absolute Gasteiger partial charge is 0.410 e. The summed E-state index contributed by atoms with van der Waals surface area (Å²) in [7, 11) is 1.70. The number of anilines is 1. The van der Waals surface area contributed by atoms with E-state index in [-0.39, 0.29) is 17.9 Å². The third-order valence-corrected chi connectivity index (χ3v) is 4.87. The normalized spacial score (nSPS) is 24.0. The van der Waals surface area contributed by atoms with E-state index in [0.717, 1.165) is 24.2 Å². The Bertz CT molecular complexity index is 661. The Kier molecular flexibility index (Phi) is 3.97. The van der Waals surface area contributed by atoms with E-state index in [4.69, 9.17) is 4.74 Å². The van der Waals surface area contributed by atoms with Crippen LogP contribution in [0.2, 0.25) is 0 Å². The van der Waals surface area contributed by atoms with E-state index in [1.807, 2.05) is 0 Å². The van der Waals surface area contributed by atoms with Crippen LogP contribution in [0.15, 0.2) is 6.20 Å². The lowest BCUT2D eigenvalue weighted by Gasteiger charge is -2.38. The minimum Gasteiger partial charge on any atom is -0.439 e. The number of likely N-dealkylation sites (N-methyl/N-ethyl adjacent to an activating group) is 1. The maximum Gasteiger partial charge on any atom is 0.410 e. The van der Waals surface area contributed by atoms with Crippen molar-refractivity contribution in [3.8, 4) is 0 Å². The number of aromatic nitrogens is 1. The van der Waals surface area contributed by atoms with Gasteiger partial charge in [-0.2, -0.15) is 0 Å². The molecule has 1 aromatic rings. The maximum atomic E-state index is 12.6. The molecule has 3 heterocycles. The Morgan fingerprint density at radius 1 is 1.43 bits per heavy atom. The number of rotatable bonds is 2. The number of amides is 3. The lowest BCUT2D eigenvalue weighted by Crippen LogP contribution is -2.52. The summed E-state index contributed by atoms with van der Waals surface area (Å²) in [4.78, 5) is 43.0. The van der Waals surface area contributed by atoms with Crippen molar-refractivity contribution in [1.29, 1.82) is 0 Å². The number of hydrogen-bond acceptors (Lipinski definition) is 6. The van der Waals surface area contributed by atoms with E-state index in [1.165, 1.54) is 18.0 Å². The zero-order valence-electron chi connectivity index (χ0n) is 13.0. The third-order valence-electron chi connectivity index (χ3n) is 3.97. The minimum absolute atomic E-state index is 0.149. The first kappa shape index (κ1) is 15.7. The number of piperidine rings is 1. The fraction of sp³-hybridized carbons (Fsp3) is 0.571. The molecule has 23 heavy (non-hydrogen) atoms. The number of hydrogen-bond donors (Lipinski definition) is 1. The molecular weight excluding hydrogens is 320 g/mol. The number of likely N-dealkylation sites (tertiary alicyclic amines) is 1. The standard InChI is InChI=1S/C14H18N4O4S/c1-9(19)16-12-15-6-10(23-12)11(20)18-5-3-4-14(8-18)7-17(2)13(21)22-14/h6H,3-5,7-8H2,1-2H3,(H,15,16,19)/t14-/m1/s1. The molecule has 0 aromatic carbocycles. The number of carbonyl (C=O) groups excluding carboxylic acids is 3. The Morgan fingerprint density at radius 3 is 2.87 bits per heavy atom. The maximum absolute atomic E-state index is 12.6. The molecule has 0 unspecified atom stereocenters. The molecular formula is C14H18N4O4S. The highest BCUT2D eigenvalue weighted by Gasteiger charge is 2.47. The lowest BCUT2D eigenvalue weighted by molar-refractivity contribution is -0.114. The number of nitrogens with one attached hydrogen (secondary N) is 1. The first-order chi connectivity index (χ1) is 10.9. The zero-order chi connectivity index (χ0) is 16.6. The van der Waals surface area contributed by atoms with Crippen molar-refractivity contribution in [2.45, 2.75) is 25.4 Å². The van der Waals surface area contributed by atoms with Gasteiger partial charge in [-0.25, -0.2) is 9.78 Å². The van der Waals surface area contributed by atoms with Crippen molar-refractivity contribution in [3.63, 3.8) is 0 Å². The molecule has 1 atom stereocenters. The van der Waals surface area contributed by atoms with Gasteiger partial charge in [-0.15, -0.1) is 0 Å². The first-order valence-corrected chi connectivity index (χ1v) is 8.17. The minimum atomic E-state index is -0.606. The van der Waals surface area contributed by atoms with Gasteiger partial charge in [0.15, 0.2) is 5.13 Å². The van der Waals surface area contributed by atoms with Gasteiger partial charge < -0.3 is 19.9 Å². The molecule has 9 heteroatoms.